The molecule has 4 aliphatic carbocycles. The number of para-hydroxylation sites is 2. The number of hydrogen-bond acceptors (Lipinski definition) is 6. The second kappa shape index (κ2) is 10.2. The summed E-state index contributed by atoms with van der Waals surface area (Å²) in [4.78, 5) is 17.8. The van der Waals surface area contributed by atoms with Crippen molar-refractivity contribution in [3.63, 3.8) is 0 Å². The van der Waals surface area contributed by atoms with Crippen LogP contribution in [0.25, 0.3) is 0 Å². The van der Waals surface area contributed by atoms with Gasteiger partial charge in [0.15, 0.2) is 0 Å². The molecule has 5 fully saturated rings. The number of sulfonamides is 1. The van der Waals surface area contributed by atoms with Gasteiger partial charge in [0.2, 0.25) is 10.0 Å². The van der Waals surface area contributed by atoms with E-state index in [1.807, 2.05) is 47.4 Å². The van der Waals surface area contributed by atoms with E-state index >= 15 is 0 Å². The molecule has 1 saturated heterocycles. The van der Waals surface area contributed by atoms with E-state index in [1.54, 1.807) is 0 Å². The van der Waals surface area contributed by atoms with E-state index in [-0.39, 0.29) is 18.2 Å². The molecule has 2 aromatic carbocycles. The first-order valence-corrected chi connectivity index (χ1v) is 16.9. The Balaban J connectivity index is 1.02. The highest BCUT2D eigenvalue weighted by Gasteiger charge is 2.55. The summed E-state index contributed by atoms with van der Waals surface area (Å²) in [7, 11) is -3.15. The summed E-state index contributed by atoms with van der Waals surface area (Å²) in [5, 5.41) is 14.4. The fourth-order valence-corrected chi connectivity index (χ4v) is 9.33. The van der Waals surface area contributed by atoms with Gasteiger partial charge >= 0.3 is 6.03 Å². The molecule has 2 heterocycles. The number of anilines is 3. The lowest BCUT2D eigenvalue weighted by atomic mass is 9.52. The Morgan fingerprint density at radius 2 is 1.59 bits per heavy atom. The van der Waals surface area contributed by atoms with Crippen molar-refractivity contribution in [2.45, 2.75) is 62.7 Å². The van der Waals surface area contributed by atoms with Crippen molar-refractivity contribution in [3.05, 3.63) is 48.5 Å². The van der Waals surface area contributed by atoms with Gasteiger partial charge in [-0.1, -0.05) is 12.1 Å². The minimum absolute atomic E-state index is 0.000901. The van der Waals surface area contributed by atoms with Crippen LogP contribution in [0.3, 0.4) is 0 Å². The number of benzene rings is 2. The third kappa shape index (κ3) is 5.19. The summed E-state index contributed by atoms with van der Waals surface area (Å²) in [6.45, 7) is 2.23. The fourth-order valence-electron chi connectivity index (χ4n) is 8.46. The summed E-state index contributed by atoms with van der Waals surface area (Å²) < 4.78 is 31.3. The average Bonchev–Trinajstić information content (AvgIpc) is 2.94. The molecule has 2 amide bonds. The van der Waals surface area contributed by atoms with Gasteiger partial charge < -0.3 is 20.1 Å². The number of piperidine rings is 1. The van der Waals surface area contributed by atoms with Gasteiger partial charge in [0.25, 0.3) is 0 Å². The summed E-state index contributed by atoms with van der Waals surface area (Å²) >= 11 is 0. The van der Waals surface area contributed by atoms with Crippen LogP contribution in [-0.4, -0.2) is 74.0 Å². The van der Waals surface area contributed by atoms with Crippen LogP contribution in [0.15, 0.2) is 48.5 Å². The van der Waals surface area contributed by atoms with Crippen LogP contribution in [0, 0.1) is 17.8 Å². The highest BCUT2D eigenvalue weighted by Crippen LogP contribution is 2.55. The van der Waals surface area contributed by atoms with E-state index in [0.717, 1.165) is 54.9 Å². The zero-order valence-electron chi connectivity index (χ0n) is 23.6. The molecular formula is C31H40N4O5S. The van der Waals surface area contributed by atoms with Gasteiger partial charge in [-0.3, -0.25) is 4.90 Å². The van der Waals surface area contributed by atoms with E-state index in [9.17, 15) is 18.3 Å². The number of urea groups is 1. The van der Waals surface area contributed by atoms with Crippen LogP contribution < -0.4 is 19.9 Å². The van der Waals surface area contributed by atoms with Gasteiger partial charge in [-0.05, 0) is 99.1 Å². The predicted octanol–water partition coefficient (Wildman–Crippen LogP) is 4.10. The fraction of sp³-hybridized carbons (Fsp3) is 0.581. The number of carbonyl (C=O) groups excluding carboxylic acids is 1. The minimum atomic E-state index is -3.15. The molecule has 6 aliphatic rings. The van der Waals surface area contributed by atoms with E-state index in [0.29, 0.717) is 56.8 Å². The first kappa shape index (κ1) is 27.0. The van der Waals surface area contributed by atoms with Crippen molar-refractivity contribution in [2.24, 2.45) is 17.8 Å². The van der Waals surface area contributed by atoms with Gasteiger partial charge in [-0.2, -0.15) is 0 Å². The van der Waals surface area contributed by atoms with Gasteiger partial charge in [0.05, 0.1) is 23.2 Å². The summed E-state index contributed by atoms with van der Waals surface area (Å²) in [5.41, 5.74) is 2.42. The van der Waals surface area contributed by atoms with Crippen LogP contribution >= 0.6 is 0 Å². The van der Waals surface area contributed by atoms with Crippen molar-refractivity contribution in [1.29, 1.82) is 0 Å². The van der Waals surface area contributed by atoms with Crippen molar-refractivity contribution >= 4 is 33.1 Å². The Kier molecular flexibility index (Phi) is 6.71. The van der Waals surface area contributed by atoms with Crippen molar-refractivity contribution in [2.75, 3.05) is 42.2 Å². The maximum Gasteiger partial charge on any atom is 0.322 e. The summed E-state index contributed by atoms with van der Waals surface area (Å²) in [5.74, 6) is 2.14. The van der Waals surface area contributed by atoms with Gasteiger partial charge in [-0.15, -0.1) is 0 Å². The SMILES string of the molecule is CS(=O)(=O)N1CCC(Oc2ccc(N3CCN(C(=O)NC4C5CC6CC4CC(O)(C6)C5)c4ccccc43)cc2)CC1. The van der Waals surface area contributed by atoms with Crippen molar-refractivity contribution in [1.82, 2.24) is 9.62 Å². The predicted molar refractivity (Wildman–Crippen MR) is 158 cm³/mol. The molecule has 2 N–H and O–H groups in total. The quantitative estimate of drug-likeness (QED) is 0.552. The molecule has 2 atom stereocenters. The molecular weight excluding hydrogens is 540 g/mol. The molecule has 220 valence electrons. The Morgan fingerprint density at radius 3 is 2.22 bits per heavy atom. The molecule has 41 heavy (non-hydrogen) atoms. The number of carbonyl (C=O) groups is 1. The van der Waals surface area contributed by atoms with Crippen molar-refractivity contribution in [3.8, 4) is 5.75 Å². The highest BCUT2D eigenvalue weighted by molar-refractivity contribution is 7.88. The molecule has 9 nitrogen and oxygen atoms in total. The molecule has 0 spiro atoms. The lowest BCUT2D eigenvalue weighted by Crippen LogP contribution is -2.63. The second-order valence-electron chi connectivity index (χ2n) is 12.9. The van der Waals surface area contributed by atoms with Crippen LogP contribution in [-0.2, 0) is 10.0 Å². The van der Waals surface area contributed by atoms with E-state index in [4.69, 9.17) is 4.74 Å². The Labute approximate surface area is 242 Å². The number of nitrogens with one attached hydrogen (secondary N) is 1. The van der Waals surface area contributed by atoms with Crippen LogP contribution in [0.2, 0.25) is 0 Å². The Morgan fingerprint density at radius 1 is 0.927 bits per heavy atom. The molecule has 2 aromatic rings. The van der Waals surface area contributed by atoms with Gasteiger partial charge in [0, 0.05) is 37.9 Å². The number of fused-ring (bicyclic) bond motifs is 1. The number of nitrogens with zero attached hydrogens (tertiary/aromatic N) is 3. The number of aliphatic hydroxyl groups is 1. The third-order valence-corrected chi connectivity index (χ3v) is 11.4. The number of amides is 2. The molecule has 4 bridgehead atoms. The standard InChI is InChI=1S/C31H40N4O5S/c1-41(38,39)33-12-10-26(11-13-33)40-25-8-6-24(7-9-25)34-14-15-35(28-5-3-2-4-27(28)34)30(36)32-29-22-16-21-17-23(29)20-31(37,18-21)19-22/h2-9,21-23,26,29,37H,10-20H2,1H3,(H,32,36). The lowest BCUT2D eigenvalue weighted by Gasteiger charge is -2.58. The monoisotopic (exact) mass is 580 g/mol. The highest BCUT2D eigenvalue weighted by atomic mass is 32.2. The lowest BCUT2D eigenvalue weighted by molar-refractivity contribution is -0.136. The summed E-state index contributed by atoms with van der Waals surface area (Å²) in [6, 6.07) is 16.2. The summed E-state index contributed by atoms with van der Waals surface area (Å²) in [6.07, 6.45) is 7.41. The smallest absolute Gasteiger partial charge is 0.322 e. The van der Waals surface area contributed by atoms with Crippen LogP contribution in [0.1, 0.15) is 44.9 Å². The Bertz CT molecular complexity index is 1390. The van der Waals surface area contributed by atoms with Crippen LogP contribution in [0.5, 0.6) is 5.75 Å². The number of rotatable bonds is 5. The van der Waals surface area contributed by atoms with Gasteiger partial charge in [-0.25, -0.2) is 17.5 Å². The number of ether oxygens (including phenoxy) is 1. The first-order chi connectivity index (χ1) is 19.6. The first-order valence-electron chi connectivity index (χ1n) is 15.0. The Hall–Kier alpha value is -2.82. The van der Waals surface area contributed by atoms with E-state index in [2.05, 4.69) is 16.3 Å². The zero-order chi connectivity index (χ0) is 28.4. The molecule has 2 aliphatic heterocycles. The average molecular weight is 581 g/mol. The topological polar surface area (TPSA) is 102 Å². The van der Waals surface area contributed by atoms with Crippen LogP contribution in [0.4, 0.5) is 21.9 Å². The second-order valence-corrected chi connectivity index (χ2v) is 14.9. The maximum atomic E-state index is 13.7. The molecule has 0 radical (unpaired) electrons. The minimum Gasteiger partial charge on any atom is -0.490 e. The normalized spacial score (nSPS) is 31.7. The van der Waals surface area contributed by atoms with Crippen molar-refractivity contribution < 1.29 is 23.1 Å². The largest absolute Gasteiger partial charge is 0.490 e. The van der Waals surface area contributed by atoms with Gasteiger partial charge in [0.1, 0.15) is 11.9 Å². The number of hydrogen-bond donors (Lipinski definition) is 2. The molecule has 4 saturated carbocycles. The third-order valence-electron chi connectivity index (χ3n) is 10.1. The molecule has 2 unspecified atom stereocenters. The molecule has 8 rings (SSSR count). The zero-order valence-corrected chi connectivity index (χ0v) is 24.4. The molecule has 10 heteroatoms. The van der Waals surface area contributed by atoms with E-state index < -0.39 is 15.6 Å². The maximum absolute atomic E-state index is 13.7. The van der Waals surface area contributed by atoms with E-state index in [1.165, 1.54) is 10.6 Å². The molecule has 0 aromatic heterocycles.